The smallest absolute Gasteiger partial charge is 0.311 e. The number of imide groups is 2. The molecule has 2 heterocycles. The molecule has 0 spiro atoms. The predicted octanol–water partition coefficient (Wildman–Crippen LogP) is 18.5. The number of aliphatic hydroxyl groups is 2. The number of rotatable bonds is 39. The Labute approximate surface area is 813 Å². The second-order valence-corrected chi connectivity index (χ2v) is 38.8. The topological polar surface area (TPSA) is 447 Å². The van der Waals surface area contributed by atoms with Gasteiger partial charge < -0.3 is 68.2 Å². The van der Waals surface area contributed by atoms with Crippen molar-refractivity contribution in [2.24, 2.45) is 61.6 Å². The maximum Gasteiger partial charge on any atom is 0.311 e. The fourth-order valence-electron chi connectivity index (χ4n) is 11.1. The van der Waals surface area contributed by atoms with Crippen molar-refractivity contribution in [1.82, 2.24) is 4.90 Å². The predicted molar refractivity (Wildman–Crippen MR) is 522 cm³/mol. The van der Waals surface area contributed by atoms with Gasteiger partial charge in [0.05, 0.1) is 83.0 Å². The maximum atomic E-state index is 11.9. The highest BCUT2D eigenvalue weighted by Gasteiger charge is 2.46. The second kappa shape index (κ2) is 63.5. The first-order valence-electron chi connectivity index (χ1n) is 47.5. The van der Waals surface area contributed by atoms with E-state index in [4.69, 9.17) is 63.4 Å². The van der Waals surface area contributed by atoms with Crippen LogP contribution in [0.15, 0.2) is 115 Å². The van der Waals surface area contributed by atoms with Crippen molar-refractivity contribution in [2.75, 3.05) is 64.9 Å². The Kier molecular flexibility index (Phi) is 59.4. The average molecular weight is 1930 g/mol. The summed E-state index contributed by atoms with van der Waals surface area (Å²) < 4.78 is 44.9. The third-order valence-corrected chi connectivity index (χ3v) is 24.9. The second-order valence-electron chi connectivity index (χ2n) is 38.8. The minimum Gasteiger partial charge on any atom is -0.490 e. The van der Waals surface area contributed by atoms with E-state index in [2.05, 4.69) is 55.0 Å². The Morgan fingerprint density at radius 1 is 0.372 bits per heavy atom. The fourth-order valence-corrected chi connectivity index (χ4v) is 11.1. The molecule has 0 bridgehead atoms. The van der Waals surface area contributed by atoms with Gasteiger partial charge in [-0.25, -0.2) is 0 Å². The lowest BCUT2D eigenvalue weighted by Crippen LogP contribution is -2.41. The molecule has 31 heteroatoms. The Balaban J connectivity index is 0. The van der Waals surface area contributed by atoms with E-state index in [1.165, 1.54) is 29.6 Å². The lowest BCUT2D eigenvalue weighted by molar-refractivity contribution is -0.159. The SMILES string of the molecule is CC1C(=O)N(C2CCCCC2)C(=O)C1C.CC1C(=O)N(c2ccccc2)C(=O)C1C.CCC(C)(C)C(=O)O.CCC(C)(C)C(=O)OC.CCC(C)(C)C(=O)OCC(O)CO.CCC(C)(C)C(=O)OCCOC(=O)CCC(=O)O.CCC(C)(C)C(=O)OCCOC(=O)CCC(=O)O.CCC(C)(C)C(=O)OCCOc1ccc(C(C)(C)c2ccccc2)cc1.CCC(C)(C)C(=O)OCc1ccccc1. The molecule has 5 N–H and O–H groups in total. The van der Waals surface area contributed by atoms with Crippen molar-refractivity contribution < 1.29 is 140 Å². The van der Waals surface area contributed by atoms with Crippen molar-refractivity contribution in [3.05, 3.63) is 132 Å². The number of amides is 4. The molecule has 3 aliphatic rings. The molecule has 0 aromatic heterocycles. The molecule has 0 radical (unpaired) electrons. The van der Waals surface area contributed by atoms with Crippen molar-refractivity contribution >= 4 is 95.0 Å². The number of aliphatic hydroxyl groups excluding tert-OH is 2. The quantitative estimate of drug-likeness (QED) is 0.0120. The number of carbonyl (C=O) groups excluding carboxylic acids is 12. The zero-order valence-electron chi connectivity index (χ0n) is 87.0. The highest BCUT2D eigenvalue weighted by atomic mass is 16.6. The zero-order chi connectivity index (χ0) is 106. The maximum absolute atomic E-state index is 11.9. The van der Waals surface area contributed by atoms with Crippen molar-refractivity contribution in [1.29, 1.82) is 0 Å². The number of carbonyl (C=O) groups is 15. The van der Waals surface area contributed by atoms with Crippen LogP contribution < -0.4 is 9.64 Å². The van der Waals surface area contributed by atoms with Crippen LogP contribution in [-0.4, -0.2) is 192 Å². The van der Waals surface area contributed by atoms with Crippen LogP contribution in [-0.2, 0) is 122 Å². The number of nitrogens with zero attached hydrogens (tertiary/aromatic N) is 2. The van der Waals surface area contributed by atoms with Crippen LogP contribution >= 0.6 is 0 Å². The van der Waals surface area contributed by atoms with E-state index in [1.807, 2.05) is 171 Å². The van der Waals surface area contributed by atoms with Crippen LogP contribution in [0.5, 0.6) is 5.75 Å². The summed E-state index contributed by atoms with van der Waals surface area (Å²) in [4.78, 5) is 172. The molecule has 2 aliphatic heterocycles. The van der Waals surface area contributed by atoms with E-state index in [0.717, 1.165) is 56.3 Å². The van der Waals surface area contributed by atoms with E-state index in [9.17, 15) is 71.9 Å². The lowest BCUT2D eigenvalue weighted by atomic mass is 9.78. The first-order valence-corrected chi connectivity index (χ1v) is 47.5. The number of methoxy groups -OCH3 is 1. The molecule has 137 heavy (non-hydrogen) atoms. The number of carboxylic acids is 3. The number of anilines is 1. The van der Waals surface area contributed by atoms with Gasteiger partial charge in [0.15, 0.2) is 0 Å². The summed E-state index contributed by atoms with van der Waals surface area (Å²) in [7, 11) is 1.42. The molecular formula is C106H164N2O29. The lowest BCUT2D eigenvalue weighted by Gasteiger charge is -2.29. The largest absolute Gasteiger partial charge is 0.490 e. The van der Waals surface area contributed by atoms with Crippen molar-refractivity contribution in [2.45, 2.75) is 314 Å². The van der Waals surface area contributed by atoms with Gasteiger partial charge in [-0.3, -0.25) is 81.7 Å². The van der Waals surface area contributed by atoms with Gasteiger partial charge in [-0.1, -0.05) is 200 Å². The Bertz CT molecular complexity index is 4230. The van der Waals surface area contributed by atoms with E-state index in [-0.39, 0.29) is 177 Å². The number of hydrogen-bond acceptors (Lipinski definition) is 26. The first kappa shape index (κ1) is 128. The fraction of sp³-hybridized carbons (Fsp3) is 0.632. The molecule has 1 aliphatic carbocycles. The zero-order valence-corrected chi connectivity index (χ0v) is 87.0. The molecule has 7 rings (SSSR count). The van der Waals surface area contributed by atoms with E-state index in [0.29, 0.717) is 44.6 Å². The monoisotopic (exact) mass is 1930 g/mol. The Morgan fingerprint density at radius 3 is 1.01 bits per heavy atom. The third-order valence-electron chi connectivity index (χ3n) is 24.9. The minimum atomic E-state index is -1.05. The van der Waals surface area contributed by atoms with Gasteiger partial charge in [-0.05, 0) is 196 Å². The van der Waals surface area contributed by atoms with E-state index < -0.39 is 63.0 Å². The molecule has 4 amide bonds. The highest BCUT2D eigenvalue weighted by molar-refractivity contribution is 6.21. The molecular weight excluding hydrogens is 1770 g/mol. The molecule has 31 nitrogen and oxygen atoms in total. The number of aliphatic carboxylic acids is 3. The molecule has 4 aromatic carbocycles. The van der Waals surface area contributed by atoms with Crippen LogP contribution in [0.3, 0.4) is 0 Å². The van der Waals surface area contributed by atoms with Crippen molar-refractivity contribution in [3.8, 4) is 5.75 Å². The molecule has 4 aromatic rings. The molecule has 5 unspecified atom stereocenters. The van der Waals surface area contributed by atoms with Crippen LogP contribution in [0.2, 0.25) is 0 Å². The van der Waals surface area contributed by atoms with Gasteiger partial charge in [0, 0.05) is 35.1 Å². The first-order chi connectivity index (χ1) is 63.6. The van der Waals surface area contributed by atoms with Crippen LogP contribution in [0.4, 0.5) is 5.69 Å². The molecule has 1 saturated carbocycles. The summed E-state index contributed by atoms with van der Waals surface area (Å²) in [6, 6.07) is 37.6. The summed E-state index contributed by atoms with van der Waals surface area (Å²) in [5.41, 5.74) is 0.846. The van der Waals surface area contributed by atoms with Gasteiger partial charge in [0.2, 0.25) is 23.6 Å². The number of para-hydroxylation sites is 1. The van der Waals surface area contributed by atoms with Gasteiger partial charge in [0.25, 0.3) is 0 Å². The van der Waals surface area contributed by atoms with Gasteiger partial charge in [-0.15, -0.1) is 0 Å². The summed E-state index contributed by atoms with van der Waals surface area (Å²) in [5, 5.41) is 42.5. The number of benzene rings is 4. The number of esters is 8. The van der Waals surface area contributed by atoms with Gasteiger partial charge in [-0.2, -0.15) is 0 Å². The summed E-state index contributed by atoms with van der Waals surface area (Å²) in [5.74, 6) is -5.46. The summed E-state index contributed by atoms with van der Waals surface area (Å²) in [6.45, 7) is 51.0. The minimum absolute atomic E-state index is 0.0128. The third kappa shape index (κ3) is 47.8. The van der Waals surface area contributed by atoms with Crippen LogP contribution in [0, 0.1) is 61.6 Å². The Hall–Kier alpha value is -11.0. The number of carboxylic acid groups (broad SMARTS) is 3. The van der Waals surface area contributed by atoms with Gasteiger partial charge in [0.1, 0.15) is 64.7 Å². The number of hydrogen-bond donors (Lipinski definition) is 5. The molecule has 3 fully saturated rings. The number of likely N-dealkylation sites (tertiary alicyclic amines) is 1. The highest BCUT2D eigenvalue weighted by Crippen LogP contribution is 2.36. The summed E-state index contributed by atoms with van der Waals surface area (Å²) >= 11 is 0. The van der Waals surface area contributed by atoms with E-state index >= 15 is 0 Å². The van der Waals surface area contributed by atoms with E-state index in [1.54, 1.807) is 86.3 Å². The molecule has 2 saturated heterocycles. The Morgan fingerprint density at radius 2 is 0.686 bits per heavy atom. The summed E-state index contributed by atoms with van der Waals surface area (Å²) in [6.07, 6.45) is 8.78. The molecule has 5 atom stereocenters. The van der Waals surface area contributed by atoms with Crippen molar-refractivity contribution in [3.63, 3.8) is 0 Å². The number of ether oxygens (including phenoxy) is 9. The average Bonchev–Trinajstić information content (AvgIpc) is 1.57. The van der Waals surface area contributed by atoms with Crippen LogP contribution in [0.1, 0.15) is 306 Å². The molecule has 772 valence electrons. The van der Waals surface area contributed by atoms with Gasteiger partial charge >= 0.3 is 65.7 Å². The normalized spacial score (nSPS) is 15.6. The standard InChI is InChI=1S/C23H30O3.C13H18O2.C12H19NO2.C12H13NO2.2C12H20O6.C9H18O4.C7H14O2.C6H12O2/c1-6-22(2,3)21(24)26-17-16-25-20-14-12-19(13-15-20)23(4,5)18-10-8-7-9-11-18;1-4-13(2,3)12(14)15-10-11-8-6-5-7-9-11;2*1-8-9(2)12(15)13(11(8)14)10-6-4-3-5-7-10;2*1-4-12(2,3)11(16)18-8-7-17-10(15)6-5-9(13)14;1-4-9(2,3)8(12)13-6-7(11)5-10;1-5-7(2,3)6(8)9-4;1-4-6(2,3)5(7)8/h7-15H,6,16-17H2,1-5H3;5-9H,4,10H2,1-3H3;8-10H,3-7H2,1-2H3;3-9H,1-2H3;2*4-8H2,1-3H3,(H,13,14);7,10-11H,4-6H2,1-3H3;5H2,1-4H3;4H2,1-3H3,(H,7,8). The van der Waals surface area contributed by atoms with Crippen LogP contribution in [0.25, 0.3) is 0 Å².